The Hall–Kier alpha value is -1.07. The summed E-state index contributed by atoms with van der Waals surface area (Å²) in [4.78, 5) is 0.324. The molecule has 0 spiro atoms. The van der Waals surface area contributed by atoms with Gasteiger partial charge in [-0.25, -0.2) is 8.42 Å². The monoisotopic (exact) mass is 285 g/mol. The van der Waals surface area contributed by atoms with Gasteiger partial charge in [-0.05, 0) is 44.5 Å². The molecule has 0 unspecified atom stereocenters. The predicted molar refractivity (Wildman–Crippen MR) is 77.0 cm³/mol. The van der Waals surface area contributed by atoms with E-state index in [1.165, 1.54) is 4.31 Å². The molecule has 5 heteroatoms. The summed E-state index contributed by atoms with van der Waals surface area (Å²) >= 11 is 0. The van der Waals surface area contributed by atoms with Crippen molar-refractivity contribution in [3.63, 3.8) is 0 Å². The Morgan fingerprint density at radius 1 is 1.21 bits per heavy atom. The molecule has 0 saturated carbocycles. The molecule has 0 N–H and O–H groups in total. The summed E-state index contributed by atoms with van der Waals surface area (Å²) in [5, 5.41) is 0. The van der Waals surface area contributed by atoms with Crippen LogP contribution < -0.4 is 4.74 Å². The molecule has 19 heavy (non-hydrogen) atoms. The van der Waals surface area contributed by atoms with Gasteiger partial charge in [0.1, 0.15) is 5.75 Å². The van der Waals surface area contributed by atoms with Crippen LogP contribution in [0.25, 0.3) is 0 Å². The van der Waals surface area contributed by atoms with Crippen LogP contribution in [0.5, 0.6) is 5.75 Å². The van der Waals surface area contributed by atoms with Crippen molar-refractivity contribution in [1.82, 2.24) is 4.31 Å². The van der Waals surface area contributed by atoms with E-state index in [0.29, 0.717) is 18.0 Å². The van der Waals surface area contributed by atoms with Crippen LogP contribution in [0.4, 0.5) is 0 Å². The number of nitrogens with zero attached hydrogens (tertiary/aromatic N) is 1. The summed E-state index contributed by atoms with van der Waals surface area (Å²) < 4.78 is 31.8. The van der Waals surface area contributed by atoms with Gasteiger partial charge in [0, 0.05) is 13.1 Å². The first-order chi connectivity index (χ1) is 8.82. The Kier molecular flexibility index (Phi) is 5.38. The molecule has 4 nitrogen and oxygen atoms in total. The second-order valence-electron chi connectivity index (χ2n) is 4.68. The van der Waals surface area contributed by atoms with Crippen molar-refractivity contribution in [3.05, 3.63) is 23.8 Å². The molecular formula is C14H23NO3S. The smallest absolute Gasteiger partial charge is 0.243 e. The summed E-state index contributed by atoms with van der Waals surface area (Å²) in [5.41, 5.74) is 0.835. The minimum Gasteiger partial charge on any atom is -0.491 e. The second-order valence-corrected chi connectivity index (χ2v) is 6.62. The molecule has 0 aliphatic carbocycles. The molecule has 0 amide bonds. The van der Waals surface area contributed by atoms with Gasteiger partial charge >= 0.3 is 0 Å². The van der Waals surface area contributed by atoms with E-state index < -0.39 is 10.0 Å². The minimum atomic E-state index is -3.39. The highest BCUT2D eigenvalue weighted by Gasteiger charge is 2.22. The molecule has 0 fully saturated rings. The van der Waals surface area contributed by atoms with Crippen molar-refractivity contribution in [2.45, 2.75) is 45.6 Å². The highest BCUT2D eigenvalue weighted by molar-refractivity contribution is 7.89. The molecule has 0 bridgehead atoms. The van der Waals surface area contributed by atoms with E-state index in [0.717, 1.165) is 11.3 Å². The zero-order valence-corrected chi connectivity index (χ0v) is 13.1. The number of ether oxygens (including phenoxy) is 1. The highest BCUT2D eigenvalue weighted by atomic mass is 32.2. The van der Waals surface area contributed by atoms with E-state index >= 15 is 0 Å². The Labute approximate surface area is 116 Å². The van der Waals surface area contributed by atoms with Crippen molar-refractivity contribution < 1.29 is 13.2 Å². The number of benzene rings is 1. The van der Waals surface area contributed by atoms with E-state index in [9.17, 15) is 8.42 Å². The Bertz CT molecular complexity index is 519. The van der Waals surface area contributed by atoms with Gasteiger partial charge in [-0.1, -0.05) is 13.8 Å². The minimum absolute atomic E-state index is 0.0731. The van der Waals surface area contributed by atoms with Crippen LogP contribution in [0.2, 0.25) is 0 Å². The van der Waals surface area contributed by atoms with Gasteiger partial charge < -0.3 is 4.74 Å². The lowest BCUT2D eigenvalue weighted by molar-refractivity contribution is 0.240. The van der Waals surface area contributed by atoms with Crippen LogP contribution in [-0.2, 0) is 10.0 Å². The van der Waals surface area contributed by atoms with Gasteiger partial charge in [-0.3, -0.25) is 0 Å². The molecule has 0 radical (unpaired) electrons. The van der Waals surface area contributed by atoms with Crippen LogP contribution in [-0.4, -0.2) is 31.9 Å². The van der Waals surface area contributed by atoms with E-state index in [1.54, 1.807) is 18.2 Å². The van der Waals surface area contributed by atoms with Crippen LogP contribution in [0.1, 0.15) is 33.3 Å². The first kappa shape index (κ1) is 16.0. The van der Waals surface area contributed by atoms with Gasteiger partial charge in [0.2, 0.25) is 10.0 Å². The van der Waals surface area contributed by atoms with Crippen molar-refractivity contribution in [2.75, 3.05) is 13.1 Å². The predicted octanol–water partition coefficient (Wildman–Crippen LogP) is 2.81. The average Bonchev–Trinajstić information content (AvgIpc) is 2.32. The average molecular weight is 285 g/mol. The molecular weight excluding hydrogens is 262 g/mol. The largest absolute Gasteiger partial charge is 0.491 e. The van der Waals surface area contributed by atoms with E-state index in [2.05, 4.69) is 0 Å². The topological polar surface area (TPSA) is 46.6 Å². The van der Waals surface area contributed by atoms with Crippen LogP contribution >= 0.6 is 0 Å². The van der Waals surface area contributed by atoms with Crippen molar-refractivity contribution in [2.24, 2.45) is 0 Å². The Morgan fingerprint density at radius 3 is 2.21 bits per heavy atom. The number of hydrogen-bond donors (Lipinski definition) is 0. The maximum absolute atomic E-state index is 12.4. The molecule has 0 aromatic heterocycles. The summed E-state index contributed by atoms with van der Waals surface area (Å²) in [6, 6.07) is 5.01. The number of rotatable bonds is 6. The highest BCUT2D eigenvalue weighted by Crippen LogP contribution is 2.24. The molecule has 0 atom stereocenters. The third-order valence-corrected chi connectivity index (χ3v) is 4.90. The first-order valence-corrected chi connectivity index (χ1v) is 8.04. The number of aryl methyl sites for hydroxylation is 1. The van der Waals surface area contributed by atoms with Crippen LogP contribution in [0, 0.1) is 6.92 Å². The summed E-state index contributed by atoms with van der Waals surface area (Å²) in [6.07, 6.45) is 0.0731. The van der Waals surface area contributed by atoms with Gasteiger partial charge in [-0.2, -0.15) is 4.31 Å². The normalized spacial score (nSPS) is 12.2. The maximum Gasteiger partial charge on any atom is 0.243 e. The lowest BCUT2D eigenvalue weighted by Crippen LogP contribution is -2.30. The third-order valence-electron chi connectivity index (χ3n) is 2.85. The van der Waals surface area contributed by atoms with Crippen molar-refractivity contribution in [3.8, 4) is 5.75 Å². The maximum atomic E-state index is 12.4. The number of hydrogen-bond acceptors (Lipinski definition) is 3. The lowest BCUT2D eigenvalue weighted by atomic mass is 10.2. The number of sulfonamides is 1. The summed E-state index contributed by atoms with van der Waals surface area (Å²) in [7, 11) is -3.39. The lowest BCUT2D eigenvalue weighted by Gasteiger charge is -2.19. The summed E-state index contributed by atoms with van der Waals surface area (Å²) in [5.74, 6) is 0.730. The summed E-state index contributed by atoms with van der Waals surface area (Å²) in [6.45, 7) is 10.4. The Balaban J connectivity index is 3.13. The van der Waals surface area contributed by atoms with E-state index in [1.807, 2.05) is 34.6 Å². The van der Waals surface area contributed by atoms with E-state index in [4.69, 9.17) is 4.74 Å². The van der Waals surface area contributed by atoms with E-state index in [-0.39, 0.29) is 6.10 Å². The van der Waals surface area contributed by atoms with Crippen molar-refractivity contribution >= 4 is 10.0 Å². The van der Waals surface area contributed by atoms with Crippen molar-refractivity contribution in [1.29, 1.82) is 0 Å². The standard InChI is InChI=1S/C14H23NO3S/c1-6-15(7-2)19(16,17)13-8-9-14(12(5)10-13)18-11(3)4/h8-11H,6-7H2,1-5H3. The third kappa shape index (κ3) is 3.70. The zero-order valence-electron chi connectivity index (χ0n) is 12.3. The molecule has 0 aliphatic rings. The fourth-order valence-corrected chi connectivity index (χ4v) is 3.42. The van der Waals surface area contributed by atoms with Gasteiger partial charge in [0.05, 0.1) is 11.0 Å². The zero-order chi connectivity index (χ0) is 14.6. The first-order valence-electron chi connectivity index (χ1n) is 6.60. The van der Waals surface area contributed by atoms with Gasteiger partial charge in [0.15, 0.2) is 0 Å². The fourth-order valence-electron chi connectivity index (χ4n) is 1.88. The molecule has 1 aromatic rings. The SMILES string of the molecule is CCN(CC)S(=O)(=O)c1ccc(OC(C)C)c(C)c1. The second kappa shape index (κ2) is 6.39. The van der Waals surface area contributed by atoms with Crippen LogP contribution in [0.3, 0.4) is 0 Å². The molecule has 1 rings (SSSR count). The van der Waals surface area contributed by atoms with Gasteiger partial charge in [-0.15, -0.1) is 0 Å². The fraction of sp³-hybridized carbons (Fsp3) is 0.571. The Morgan fingerprint density at radius 2 is 1.79 bits per heavy atom. The van der Waals surface area contributed by atoms with Crippen LogP contribution in [0.15, 0.2) is 23.1 Å². The quantitative estimate of drug-likeness (QED) is 0.807. The van der Waals surface area contributed by atoms with Gasteiger partial charge in [0.25, 0.3) is 0 Å². The molecule has 0 aliphatic heterocycles. The molecule has 0 heterocycles. The molecule has 0 saturated heterocycles. The molecule has 1 aromatic carbocycles. The molecule has 108 valence electrons.